The van der Waals surface area contributed by atoms with Crippen molar-refractivity contribution in [2.24, 2.45) is 0 Å². The lowest BCUT2D eigenvalue weighted by Gasteiger charge is -2.25. The molecule has 0 bridgehead atoms. The Morgan fingerprint density at radius 3 is 2.44 bits per heavy atom. The van der Waals surface area contributed by atoms with E-state index in [9.17, 15) is 8.42 Å². The predicted molar refractivity (Wildman–Crippen MR) is 100 cm³/mol. The first-order chi connectivity index (χ1) is 11.8. The minimum absolute atomic E-state index is 0.145. The number of rotatable bonds is 4. The van der Waals surface area contributed by atoms with Gasteiger partial charge in [0.2, 0.25) is 10.0 Å². The zero-order valence-corrected chi connectivity index (χ0v) is 16.0. The average Bonchev–Trinajstić information content (AvgIpc) is 3.05. The van der Waals surface area contributed by atoms with Crippen LogP contribution in [0.4, 0.5) is 5.82 Å². The molecule has 5 nitrogen and oxygen atoms in total. The number of benzene rings is 1. The Hall–Kier alpha value is -1.92. The van der Waals surface area contributed by atoms with Crippen molar-refractivity contribution in [1.82, 2.24) is 9.29 Å². The second-order valence-corrected chi connectivity index (χ2v) is 8.78. The van der Waals surface area contributed by atoms with Gasteiger partial charge in [-0.1, -0.05) is 17.7 Å². The van der Waals surface area contributed by atoms with Crippen molar-refractivity contribution >= 4 is 15.8 Å². The van der Waals surface area contributed by atoms with Gasteiger partial charge in [-0.25, -0.2) is 13.4 Å². The fourth-order valence-corrected chi connectivity index (χ4v) is 5.13. The van der Waals surface area contributed by atoms with Gasteiger partial charge in [0.15, 0.2) is 0 Å². The smallest absolute Gasteiger partial charge is 0.243 e. The molecule has 1 atom stereocenters. The summed E-state index contributed by atoms with van der Waals surface area (Å²) in [7, 11) is 0.417. The van der Waals surface area contributed by atoms with E-state index in [-0.39, 0.29) is 6.04 Å². The Bertz CT molecular complexity index is 861. The summed E-state index contributed by atoms with van der Waals surface area (Å²) in [5, 5.41) is 0. The highest BCUT2D eigenvalue weighted by atomic mass is 32.2. The standard InChI is InChI=1S/C19H25N3O2S/c1-14-7-9-17(10-8-14)25(23,24)22-11-5-6-18(22)16-12-15(2)19(20-13-16)21(3)4/h7-10,12-13,18H,5-6,11H2,1-4H3/t18-/m1/s1. The van der Waals surface area contributed by atoms with Crippen LogP contribution in [0, 0.1) is 13.8 Å². The maximum Gasteiger partial charge on any atom is 0.243 e. The molecule has 0 unspecified atom stereocenters. The molecule has 1 aliphatic rings. The summed E-state index contributed by atoms with van der Waals surface area (Å²) in [5.74, 6) is 0.912. The SMILES string of the molecule is Cc1ccc(S(=O)(=O)N2CCC[C@@H]2c2cnc(N(C)C)c(C)c2)cc1. The number of nitrogens with zero attached hydrogens (tertiary/aromatic N) is 3. The lowest BCUT2D eigenvalue weighted by Crippen LogP contribution is -2.31. The summed E-state index contributed by atoms with van der Waals surface area (Å²) >= 11 is 0. The zero-order chi connectivity index (χ0) is 18.2. The number of sulfonamides is 1. The molecule has 0 amide bonds. The largest absolute Gasteiger partial charge is 0.363 e. The van der Waals surface area contributed by atoms with Gasteiger partial charge in [0.1, 0.15) is 5.82 Å². The van der Waals surface area contributed by atoms with Crippen molar-refractivity contribution in [1.29, 1.82) is 0 Å². The second-order valence-electron chi connectivity index (χ2n) is 6.89. The molecule has 0 saturated carbocycles. The first kappa shape index (κ1) is 17.9. The Morgan fingerprint density at radius 2 is 1.84 bits per heavy atom. The van der Waals surface area contributed by atoms with Gasteiger partial charge in [0.05, 0.1) is 10.9 Å². The van der Waals surface area contributed by atoms with Crippen LogP contribution in [0.1, 0.15) is 35.6 Å². The highest BCUT2D eigenvalue weighted by Crippen LogP contribution is 2.37. The van der Waals surface area contributed by atoms with Gasteiger partial charge in [-0.15, -0.1) is 0 Å². The van der Waals surface area contributed by atoms with Crippen LogP contribution in [0.3, 0.4) is 0 Å². The van der Waals surface area contributed by atoms with E-state index in [4.69, 9.17) is 0 Å². The Balaban J connectivity index is 1.95. The number of hydrogen-bond donors (Lipinski definition) is 0. The van der Waals surface area contributed by atoms with E-state index in [1.807, 2.05) is 51.2 Å². The van der Waals surface area contributed by atoms with Crippen LogP contribution in [0.25, 0.3) is 0 Å². The lowest BCUT2D eigenvalue weighted by atomic mass is 10.1. The fourth-order valence-electron chi connectivity index (χ4n) is 3.45. The molecule has 1 aromatic carbocycles. The molecule has 2 aromatic rings. The molecule has 6 heteroatoms. The molecule has 0 spiro atoms. The molecule has 25 heavy (non-hydrogen) atoms. The minimum Gasteiger partial charge on any atom is -0.363 e. The van der Waals surface area contributed by atoms with Crippen LogP contribution in [0.15, 0.2) is 41.4 Å². The van der Waals surface area contributed by atoms with E-state index in [1.54, 1.807) is 16.4 Å². The monoisotopic (exact) mass is 359 g/mol. The molecule has 134 valence electrons. The Morgan fingerprint density at radius 1 is 1.16 bits per heavy atom. The summed E-state index contributed by atoms with van der Waals surface area (Å²) < 4.78 is 27.8. The van der Waals surface area contributed by atoms with Crippen LogP contribution in [-0.2, 0) is 10.0 Å². The predicted octanol–water partition coefficient (Wildman–Crippen LogP) is 3.29. The molecule has 0 radical (unpaired) electrons. The van der Waals surface area contributed by atoms with Crippen LogP contribution < -0.4 is 4.90 Å². The van der Waals surface area contributed by atoms with Gasteiger partial charge in [-0.2, -0.15) is 4.31 Å². The molecule has 3 rings (SSSR count). The summed E-state index contributed by atoms with van der Waals surface area (Å²) in [4.78, 5) is 6.86. The lowest BCUT2D eigenvalue weighted by molar-refractivity contribution is 0.396. The van der Waals surface area contributed by atoms with Gasteiger partial charge in [-0.05, 0) is 56.0 Å². The van der Waals surface area contributed by atoms with Crippen molar-refractivity contribution in [2.45, 2.75) is 37.6 Å². The molecule has 1 fully saturated rings. The first-order valence-electron chi connectivity index (χ1n) is 8.53. The maximum atomic E-state index is 13.1. The van der Waals surface area contributed by atoms with Crippen molar-refractivity contribution < 1.29 is 8.42 Å². The van der Waals surface area contributed by atoms with Crippen molar-refractivity contribution in [3.05, 3.63) is 53.2 Å². The zero-order valence-electron chi connectivity index (χ0n) is 15.2. The van der Waals surface area contributed by atoms with Gasteiger partial charge in [-0.3, -0.25) is 0 Å². The molecule has 2 heterocycles. The summed E-state index contributed by atoms with van der Waals surface area (Å²) in [6, 6.07) is 8.99. The number of pyridine rings is 1. The van der Waals surface area contributed by atoms with Crippen LogP contribution in [0.5, 0.6) is 0 Å². The first-order valence-corrected chi connectivity index (χ1v) is 9.97. The third-order valence-corrected chi connectivity index (χ3v) is 6.63. The Labute approximate surface area is 150 Å². The highest BCUT2D eigenvalue weighted by Gasteiger charge is 2.36. The summed E-state index contributed by atoms with van der Waals surface area (Å²) in [5.41, 5.74) is 3.08. The van der Waals surface area contributed by atoms with Crippen LogP contribution >= 0.6 is 0 Å². The second kappa shape index (κ2) is 6.77. The molecule has 0 N–H and O–H groups in total. The van der Waals surface area contributed by atoms with Crippen LogP contribution in [0.2, 0.25) is 0 Å². The van der Waals surface area contributed by atoms with E-state index < -0.39 is 10.0 Å². The highest BCUT2D eigenvalue weighted by molar-refractivity contribution is 7.89. The minimum atomic E-state index is -3.50. The van der Waals surface area contributed by atoms with Gasteiger partial charge >= 0.3 is 0 Å². The average molecular weight is 359 g/mol. The normalized spacial score (nSPS) is 18.5. The maximum absolute atomic E-state index is 13.1. The third kappa shape index (κ3) is 3.41. The van der Waals surface area contributed by atoms with E-state index in [1.165, 1.54) is 0 Å². The Kier molecular flexibility index (Phi) is 4.84. The molecule has 1 aromatic heterocycles. The van der Waals surface area contributed by atoms with Gasteiger partial charge < -0.3 is 4.90 Å². The molecule has 1 saturated heterocycles. The quantitative estimate of drug-likeness (QED) is 0.841. The molecule has 1 aliphatic heterocycles. The van der Waals surface area contributed by atoms with E-state index in [0.29, 0.717) is 11.4 Å². The molecular weight excluding hydrogens is 334 g/mol. The fraction of sp³-hybridized carbons (Fsp3) is 0.421. The summed E-state index contributed by atoms with van der Waals surface area (Å²) in [6.45, 7) is 4.52. The number of hydrogen-bond acceptors (Lipinski definition) is 4. The van der Waals surface area contributed by atoms with E-state index in [2.05, 4.69) is 11.1 Å². The number of aromatic nitrogens is 1. The van der Waals surface area contributed by atoms with Crippen molar-refractivity contribution in [3.63, 3.8) is 0 Å². The van der Waals surface area contributed by atoms with Gasteiger partial charge in [0.25, 0.3) is 0 Å². The van der Waals surface area contributed by atoms with E-state index in [0.717, 1.165) is 35.3 Å². The third-order valence-electron chi connectivity index (χ3n) is 4.71. The molecular formula is C19H25N3O2S. The van der Waals surface area contributed by atoms with Crippen molar-refractivity contribution in [2.75, 3.05) is 25.5 Å². The van der Waals surface area contributed by atoms with Crippen molar-refractivity contribution in [3.8, 4) is 0 Å². The number of aryl methyl sites for hydroxylation is 2. The van der Waals surface area contributed by atoms with Gasteiger partial charge in [0, 0.05) is 26.8 Å². The number of anilines is 1. The summed E-state index contributed by atoms with van der Waals surface area (Å²) in [6.07, 6.45) is 3.51. The topological polar surface area (TPSA) is 53.5 Å². The molecule has 0 aliphatic carbocycles. The van der Waals surface area contributed by atoms with E-state index >= 15 is 0 Å². The van der Waals surface area contributed by atoms with Crippen LogP contribution in [-0.4, -0.2) is 38.3 Å².